The minimum absolute atomic E-state index is 1.12. The Morgan fingerprint density at radius 2 is 1.81 bits per heavy atom. The summed E-state index contributed by atoms with van der Waals surface area (Å²) in [6.45, 7) is 0. The number of aromatic nitrogens is 1. The lowest BCUT2D eigenvalue weighted by Gasteiger charge is -2.08. The van der Waals surface area contributed by atoms with Crippen molar-refractivity contribution in [3.05, 3.63) is 72.7 Å². The Bertz CT molecular complexity index is 600. The minimum atomic E-state index is 1.12. The van der Waals surface area contributed by atoms with Crippen LogP contribution >= 0.6 is 0 Å². The first-order valence-corrected chi connectivity index (χ1v) is 5.31. The molecule has 2 aromatic heterocycles. The van der Waals surface area contributed by atoms with Gasteiger partial charge < -0.3 is 9.72 Å². The summed E-state index contributed by atoms with van der Waals surface area (Å²) in [6.07, 6.45) is 14.2. The fourth-order valence-electron chi connectivity index (χ4n) is 1.92. The Labute approximate surface area is 94.2 Å². The molecule has 16 heavy (non-hydrogen) atoms. The Kier molecular flexibility index (Phi) is 2.11. The fourth-order valence-corrected chi connectivity index (χ4v) is 1.92. The number of nitrogens with zero attached hydrogens (tertiary/aromatic N) is 1. The van der Waals surface area contributed by atoms with Gasteiger partial charge in [-0.15, -0.1) is 0 Å². The molecule has 1 aliphatic rings. The number of hydrogen-bond donors (Lipinski definition) is 1. The lowest BCUT2D eigenvalue weighted by Crippen LogP contribution is -2.04. The van der Waals surface area contributed by atoms with Crippen molar-refractivity contribution in [3.63, 3.8) is 0 Å². The predicted octanol–water partition coefficient (Wildman–Crippen LogP) is 2.95. The van der Waals surface area contributed by atoms with Gasteiger partial charge in [-0.25, -0.2) is 0 Å². The van der Waals surface area contributed by atoms with Crippen molar-refractivity contribution in [1.29, 1.82) is 0 Å². The van der Waals surface area contributed by atoms with E-state index < -0.39 is 0 Å². The maximum absolute atomic E-state index is 3.28. The molecule has 0 bridgehead atoms. The smallest absolute Gasteiger partial charge is 0.0543 e. The third kappa shape index (κ3) is 1.44. The van der Waals surface area contributed by atoms with E-state index in [2.05, 4.69) is 52.5 Å². The van der Waals surface area contributed by atoms with Gasteiger partial charge in [0, 0.05) is 29.9 Å². The molecule has 78 valence electrons. The lowest BCUT2D eigenvalue weighted by atomic mass is 10.1. The molecular weight excluding hydrogens is 196 g/mol. The van der Waals surface area contributed by atoms with Gasteiger partial charge in [0.25, 0.3) is 0 Å². The van der Waals surface area contributed by atoms with Gasteiger partial charge in [0.1, 0.15) is 0 Å². The molecule has 3 heterocycles. The average Bonchev–Trinajstić information content (AvgIpc) is 2.63. The number of pyridine rings is 1. The third-order valence-corrected chi connectivity index (χ3v) is 2.67. The number of hydrogen-bond acceptors (Lipinski definition) is 1. The Morgan fingerprint density at radius 3 is 2.75 bits per heavy atom. The van der Waals surface area contributed by atoms with Crippen LogP contribution < -0.4 is 5.32 Å². The molecule has 0 saturated heterocycles. The number of fused-ring (bicyclic) bond motifs is 1. The summed E-state index contributed by atoms with van der Waals surface area (Å²) in [4.78, 5) is 0. The summed E-state index contributed by atoms with van der Waals surface area (Å²) >= 11 is 0. The van der Waals surface area contributed by atoms with Crippen LogP contribution in [-0.2, 0) is 0 Å². The van der Waals surface area contributed by atoms with Gasteiger partial charge in [0.2, 0.25) is 0 Å². The van der Waals surface area contributed by atoms with Gasteiger partial charge >= 0.3 is 0 Å². The molecular formula is C14H12N2. The average molecular weight is 208 g/mol. The van der Waals surface area contributed by atoms with Crippen LogP contribution in [0.4, 0.5) is 0 Å². The van der Waals surface area contributed by atoms with Crippen LogP contribution in [0.25, 0.3) is 11.2 Å². The van der Waals surface area contributed by atoms with E-state index in [0.717, 1.165) is 5.70 Å². The molecule has 2 nitrogen and oxygen atoms in total. The molecule has 0 atom stereocenters. The van der Waals surface area contributed by atoms with E-state index >= 15 is 0 Å². The zero-order chi connectivity index (χ0) is 10.8. The van der Waals surface area contributed by atoms with Crippen LogP contribution in [0.15, 0.2) is 67.2 Å². The highest BCUT2D eigenvalue weighted by Gasteiger charge is 2.04. The fraction of sp³-hybridized carbons (Fsp3) is 0. The van der Waals surface area contributed by atoms with Crippen molar-refractivity contribution in [2.75, 3.05) is 0 Å². The summed E-state index contributed by atoms with van der Waals surface area (Å²) in [5, 5.41) is 3.28. The van der Waals surface area contributed by atoms with E-state index in [1.807, 2.05) is 24.4 Å². The van der Waals surface area contributed by atoms with Crippen molar-refractivity contribution < 1.29 is 0 Å². The van der Waals surface area contributed by atoms with Crippen molar-refractivity contribution in [2.45, 2.75) is 0 Å². The van der Waals surface area contributed by atoms with Crippen LogP contribution in [0.1, 0.15) is 5.56 Å². The Balaban J connectivity index is 2.18. The second kappa shape index (κ2) is 3.74. The number of allylic oxidation sites excluding steroid dienone is 4. The first kappa shape index (κ1) is 9.04. The molecule has 0 fully saturated rings. The number of rotatable bonds is 1. The minimum Gasteiger partial charge on any atom is -0.361 e. The highest BCUT2D eigenvalue weighted by Crippen LogP contribution is 2.19. The molecule has 2 heteroatoms. The monoisotopic (exact) mass is 208 g/mol. The summed E-state index contributed by atoms with van der Waals surface area (Å²) in [5.74, 6) is 0. The zero-order valence-corrected chi connectivity index (χ0v) is 8.80. The first-order chi connectivity index (χ1) is 7.95. The van der Waals surface area contributed by atoms with Gasteiger partial charge in [-0.05, 0) is 36.4 Å². The van der Waals surface area contributed by atoms with Crippen LogP contribution in [0.2, 0.25) is 0 Å². The first-order valence-electron chi connectivity index (χ1n) is 5.31. The van der Waals surface area contributed by atoms with E-state index in [1.54, 1.807) is 0 Å². The standard InChI is InChI=1S/C14H12N2/c1-2-7-13(15-9-3-1)12-6-4-10-16-11-5-8-14(12)16/h1-11,15H. The normalized spacial score (nSPS) is 14.6. The predicted molar refractivity (Wildman–Crippen MR) is 66.8 cm³/mol. The summed E-state index contributed by atoms with van der Waals surface area (Å²) < 4.78 is 2.12. The highest BCUT2D eigenvalue weighted by molar-refractivity contribution is 5.78. The topological polar surface area (TPSA) is 16.4 Å². The summed E-state index contributed by atoms with van der Waals surface area (Å²) in [5.41, 5.74) is 3.54. The third-order valence-electron chi connectivity index (χ3n) is 2.67. The molecule has 2 aromatic rings. The zero-order valence-electron chi connectivity index (χ0n) is 8.80. The second-order valence-electron chi connectivity index (χ2n) is 3.69. The molecule has 1 N–H and O–H groups in total. The van der Waals surface area contributed by atoms with E-state index in [4.69, 9.17) is 0 Å². The van der Waals surface area contributed by atoms with E-state index in [9.17, 15) is 0 Å². The molecule has 0 unspecified atom stereocenters. The maximum atomic E-state index is 3.28. The lowest BCUT2D eigenvalue weighted by molar-refractivity contribution is 1.17. The van der Waals surface area contributed by atoms with Crippen LogP contribution in [0.3, 0.4) is 0 Å². The van der Waals surface area contributed by atoms with Crippen molar-refractivity contribution in [3.8, 4) is 0 Å². The van der Waals surface area contributed by atoms with Gasteiger partial charge in [0.05, 0.1) is 5.52 Å². The van der Waals surface area contributed by atoms with E-state index in [-0.39, 0.29) is 0 Å². The Morgan fingerprint density at radius 1 is 0.938 bits per heavy atom. The molecule has 0 aliphatic carbocycles. The van der Waals surface area contributed by atoms with Crippen LogP contribution in [-0.4, -0.2) is 4.40 Å². The van der Waals surface area contributed by atoms with Crippen molar-refractivity contribution in [2.24, 2.45) is 0 Å². The SMILES string of the molecule is C1=CC=C(c2cccn3cccc23)NC=C1. The molecule has 0 radical (unpaired) electrons. The van der Waals surface area contributed by atoms with Gasteiger partial charge in [-0.1, -0.05) is 12.2 Å². The summed E-state index contributed by atoms with van der Waals surface area (Å²) in [6, 6.07) is 8.36. The van der Waals surface area contributed by atoms with Gasteiger partial charge in [-0.2, -0.15) is 0 Å². The largest absolute Gasteiger partial charge is 0.361 e. The maximum Gasteiger partial charge on any atom is 0.0543 e. The van der Waals surface area contributed by atoms with E-state index in [0.29, 0.717) is 0 Å². The molecule has 0 aromatic carbocycles. The van der Waals surface area contributed by atoms with Gasteiger partial charge in [0.15, 0.2) is 0 Å². The van der Waals surface area contributed by atoms with E-state index in [1.165, 1.54) is 11.1 Å². The second-order valence-corrected chi connectivity index (χ2v) is 3.69. The van der Waals surface area contributed by atoms with Crippen LogP contribution in [0, 0.1) is 0 Å². The summed E-state index contributed by atoms with van der Waals surface area (Å²) in [7, 11) is 0. The van der Waals surface area contributed by atoms with Crippen LogP contribution in [0.5, 0.6) is 0 Å². The molecule has 0 spiro atoms. The molecule has 3 rings (SSSR count). The molecule has 0 amide bonds. The molecule has 1 aliphatic heterocycles. The van der Waals surface area contributed by atoms with Gasteiger partial charge in [-0.3, -0.25) is 0 Å². The van der Waals surface area contributed by atoms with Crippen molar-refractivity contribution >= 4 is 11.2 Å². The van der Waals surface area contributed by atoms with Crippen molar-refractivity contribution in [1.82, 2.24) is 9.72 Å². The highest BCUT2D eigenvalue weighted by atomic mass is 14.9. The molecule has 0 saturated carbocycles. The quantitative estimate of drug-likeness (QED) is 0.762. The number of nitrogens with one attached hydrogen (secondary N) is 1. The Hall–Kier alpha value is -2.22.